The van der Waals surface area contributed by atoms with E-state index in [1.54, 1.807) is 0 Å². The van der Waals surface area contributed by atoms with Gasteiger partial charge in [0.05, 0.1) is 14.2 Å². The Labute approximate surface area is 133 Å². The average Bonchev–Trinajstić information content (AvgIpc) is 2.52. The van der Waals surface area contributed by atoms with Gasteiger partial charge in [-0.2, -0.15) is 0 Å². The van der Waals surface area contributed by atoms with Crippen molar-refractivity contribution in [2.45, 2.75) is 64.7 Å². The molecule has 0 aromatic rings. The van der Waals surface area contributed by atoms with Crippen molar-refractivity contribution in [3.8, 4) is 0 Å². The molecule has 0 amide bonds. The quantitative estimate of drug-likeness (QED) is 0.426. The SMILES string of the molecule is CCCCCCCCCCC1=C(OC)C(=O)C=C(OC)C1=O. The summed E-state index contributed by atoms with van der Waals surface area (Å²) in [5.74, 6) is -0.218. The molecule has 1 rings (SSSR count). The van der Waals surface area contributed by atoms with E-state index in [0.29, 0.717) is 12.0 Å². The Morgan fingerprint density at radius 2 is 1.45 bits per heavy atom. The Morgan fingerprint density at radius 3 is 2.00 bits per heavy atom. The van der Waals surface area contributed by atoms with Crippen molar-refractivity contribution in [1.82, 2.24) is 0 Å². The van der Waals surface area contributed by atoms with Crippen LogP contribution in [0, 0.1) is 0 Å². The zero-order chi connectivity index (χ0) is 16.4. The van der Waals surface area contributed by atoms with Crippen LogP contribution in [0.15, 0.2) is 23.2 Å². The number of unbranched alkanes of at least 4 members (excludes halogenated alkanes) is 7. The van der Waals surface area contributed by atoms with Gasteiger partial charge in [0.15, 0.2) is 11.5 Å². The van der Waals surface area contributed by atoms with Crippen LogP contribution < -0.4 is 0 Å². The van der Waals surface area contributed by atoms with Crippen molar-refractivity contribution in [3.05, 3.63) is 23.2 Å². The lowest BCUT2D eigenvalue weighted by Crippen LogP contribution is -2.21. The first-order valence-corrected chi connectivity index (χ1v) is 8.27. The monoisotopic (exact) mass is 308 g/mol. The van der Waals surface area contributed by atoms with Gasteiger partial charge in [0.25, 0.3) is 0 Å². The number of hydrogen-bond acceptors (Lipinski definition) is 4. The molecule has 0 aromatic carbocycles. The summed E-state index contributed by atoms with van der Waals surface area (Å²) in [7, 11) is 2.84. The van der Waals surface area contributed by atoms with Crippen molar-refractivity contribution in [2.75, 3.05) is 14.2 Å². The molecule has 0 aromatic heterocycles. The molecule has 0 aliphatic heterocycles. The maximum Gasteiger partial charge on any atom is 0.227 e. The highest BCUT2D eigenvalue weighted by molar-refractivity contribution is 6.21. The molecule has 22 heavy (non-hydrogen) atoms. The molecule has 124 valence electrons. The molecule has 0 spiro atoms. The number of rotatable bonds is 11. The van der Waals surface area contributed by atoms with Crippen LogP contribution in [-0.4, -0.2) is 25.8 Å². The van der Waals surface area contributed by atoms with Crippen LogP contribution in [0.2, 0.25) is 0 Å². The van der Waals surface area contributed by atoms with Gasteiger partial charge in [0, 0.05) is 11.6 Å². The summed E-state index contributed by atoms with van der Waals surface area (Å²) in [6, 6.07) is 0. The number of Topliss-reactive ketones (excluding diaryl/α,β-unsaturated/α-hetero) is 1. The normalized spacial score (nSPS) is 15.1. The van der Waals surface area contributed by atoms with Gasteiger partial charge in [-0.15, -0.1) is 0 Å². The third kappa shape index (κ3) is 5.32. The summed E-state index contributed by atoms with van der Waals surface area (Å²) >= 11 is 0. The minimum absolute atomic E-state index is 0.111. The number of ether oxygens (including phenoxy) is 2. The standard InChI is InChI=1S/C18H28O4/c1-4-5-6-7-8-9-10-11-12-14-17(20)16(21-2)13-15(19)18(14)22-3/h13H,4-12H2,1-3H3. The van der Waals surface area contributed by atoms with Crippen LogP contribution in [0.1, 0.15) is 64.7 Å². The molecule has 0 radical (unpaired) electrons. The number of hydrogen-bond donors (Lipinski definition) is 0. The van der Waals surface area contributed by atoms with Gasteiger partial charge in [-0.25, -0.2) is 0 Å². The van der Waals surface area contributed by atoms with E-state index in [1.165, 1.54) is 58.8 Å². The first-order chi connectivity index (χ1) is 10.7. The Balaban J connectivity index is 2.42. The van der Waals surface area contributed by atoms with E-state index in [2.05, 4.69) is 6.92 Å². The predicted molar refractivity (Wildman–Crippen MR) is 86.4 cm³/mol. The topological polar surface area (TPSA) is 52.6 Å². The summed E-state index contributed by atoms with van der Waals surface area (Å²) < 4.78 is 10.1. The fourth-order valence-electron chi connectivity index (χ4n) is 2.69. The fraction of sp³-hybridized carbons (Fsp3) is 0.667. The zero-order valence-electron chi connectivity index (χ0n) is 14.1. The summed E-state index contributed by atoms with van der Waals surface area (Å²) in [6.07, 6.45) is 11.3. The van der Waals surface area contributed by atoms with Gasteiger partial charge >= 0.3 is 0 Å². The molecule has 0 bridgehead atoms. The van der Waals surface area contributed by atoms with Crippen molar-refractivity contribution < 1.29 is 19.1 Å². The Morgan fingerprint density at radius 1 is 0.864 bits per heavy atom. The highest BCUT2D eigenvalue weighted by Crippen LogP contribution is 2.25. The molecule has 0 atom stereocenters. The first kappa shape index (κ1) is 18.5. The maximum atomic E-state index is 12.2. The van der Waals surface area contributed by atoms with Crippen molar-refractivity contribution in [3.63, 3.8) is 0 Å². The van der Waals surface area contributed by atoms with Gasteiger partial charge in [0.2, 0.25) is 11.6 Å². The van der Waals surface area contributed by atoms with E-state index in [4.69, 9.17) is 9.47 Å². The summed E-state index contributed by atoms with van der Waals surface area (Å²) in [6.45, 7) is 2.21. The largest absolute Gasteiger partial charge is 0.493 e. The average molecular weight is 308 g/mol. The fourth-order valence-corrected chi connectivity index (χ4v) is 2.69. The molecule has 0 N–H and O–H groups in total. The number of carbonyl (C=O) groups is 2. The van der Waals surface area contributed by atoms with Crippen LogP contribution >= 0.6 is 0 Å². The number of ketones is 2. The Kier molecular flexibility index (Phi) is 8.56. The second-order valence-electron chi connectivity index (χ2n) is 5.64. The number of allylic oxidation sites excluding steroid dienone is 2. The van der Waals surface area contributed by atoms with Crippen LogP contribution in [0.5, 0.6) is 0 Å². The van der Waals surface area contributed by atoms with E-state index in [1.807, 2.05) is 0 Å². The molecule has 0 fully saturated rings. The van der Waals surface area contributed by atoms with Gasteiger partial charge in [0.1, 0.15) is 0 Å². The van der Waals surface area contributed by atoms with Crippen molar-refractivity contribution >= 4 is 11.6 Å². The lowest BCUT2D eigenvalue weighted by atomic mass is 9.94. The van der Waals surface area contributed by atoms with E-state index in [-0.39, 0.29) is 23.1 Å². The second kappa shape index (κ2) is 10.2. The Hall–Kier alpha value is -1.58. The molecule has 4 nitrogen and oxygen atoms in total. The Bertz CT molecular complexity index is 446. The summed E-state index contributed by atoms with van der Waals surface area (Å²) in [5, 5.41) is 0. The van der Waals surface area contributed by atoms with E-state index in [9.17, 15) is 9.59 Å². The third-order valence-corrected chi connectivity index (χ3v) is 3.96. The molecule has 0 saturated carbocycles. The minimum Gasteiger partial charge on any atom is -0.493 e. The first-order valence-electron chi connectivity index (χ1n) is 8.27. The molecular formula is C18H28O4. The molecule has 4 heteroatoms. The third-order valence-electron chi connectivity index (χ3n) is 3.96. The molecule has 1 aliphatic carbocycles. The molecule has 0 unspecified atom stereocenters. The van der Waals surface area contributed by atoms with Crippen LogP contribution in [-0.2, 0) is 19.1 Å². The highest BCUT2D eigenvalue weighted by atomic mass is 16.5. The highest BCUT2D eigenvalue weighted by Gasteiger charge is 2.29. The smallest absolute Gasteiger partial charge is 0.227 e. The van der Waals surface area contributed by atoms with Crippen LogP contribution in [0.25, 0.3) is 0 Å². The lowest BCUT2D eigenvalue weighted by Gasteiger charge is -2.17. The predicted octanol–water partition coefficient (Wildman–Crippen LogP) is 4.10. The van der Waals surface area contributed by atoms with Crippen molar-refractivity contribution in [2.24, 2.45) is 0 Å². The van der Waals surface area contributed by atoms with Crippen molar-refractivity contribution in [1.29, 1.82) is 0 Å². The number of carbonyl (C=O) groups excluding carboxylic acids is 2. The van der Waals surface area contributed by atoms with Crippen LogP contribution in [0.4, 0.5) is 0 Å². The molecule has 1 aliphatic rings. The van der Waals surface area contributed by atoms with Gasteiger partial charge in [-0.1, -0.05) is 51.9 Å². The van der Waals surface area contributed by atoms with E-state index >= 15 is 0 Å². The van der Waals surface area contributed by atoms with Gasteiger partial charge < -0.3 is 9.47 Å². The molecule has 0 heterocycles. The maximum absolute atomic E-state index is 12.2. The number of methoxy groups -OCH3 is 2. The zero-order valence-corrected chi connectivity index (χ0v) is 14.1. The van der Waals surface area contributed by atoms with E-state index in [0.717, 1.165) is 12.8 Å². The molecular weight excluding hydrogens is 280 g/mol. The van der Waals surface area contributed by atoms with Gasteiger partial charge in [-0.3, -0.25) is 9.59 Å². The second-order valence-corrected chi connectivity index (χ2v) is 5.64. The summed E-state index contributed by atoms with van der Waals surface area (Å²) in [5.41, 5.74) is 0.456. The minimum atomic E-state index is -0.284. The molecule has 0 saturated heterocycles. The van der Waals surface area contributed by atoms with Gasteiger partial charge in [-0.05, 0) is 12.8 Å². The van der Waals surface area contributed by atoms with E-state index < -0.39 is 0 Å². The summed E-state index contributed by atoms with van der Waals surface area (Å²) in [4.78, 5) is 24.1. The lowest BCUT2D eigenvalue weighted by molar-refractivity contribution is -0.120. The van der Waals surface area contributed by atoms with Crippen LogP contribution in [0.3, 0.4) is 0 Å².